The molecule has 0 spiro atoms. The standard InChI is InChI=1S/C5H9IN2O/c6-5(9)8-4-1-3(7)2-4/h3-4H,1-2,7H2,(H,8,9). The summed E-state index contributed by atoms with van der Waals surface area (Å²) in [7, 11) is 0. The number of carbonyl (C=O) groups is 1. The van der Waals surface area contributed by atoms with Crippen molar-refractivity contribution in [2.45, 2.75) is 24.9 Å². The number of rotatable bonds is 1. The van der Waals surface area contributed by atoms with E-state index in [1.54, 1.807) is 22.6 Å². The van der Waals surface area contributed by atoms with Crippen molar-refractivity contribution in [1.82, 2.24) is 5.32 Å². The van der Waals surface area contributed by atoms with Crippen molar-refractivity contribution in [3.05, 3.63) is 0 Å². The molecule has 1 amide bonds. The van der Waals surface area contributed by atoms with Crippen LogP contribution in [0.2, 0.25) is 0 Å². The Bertz CT molecular complexity index is 122. The minimum atomic E-state index is 0.0181. The van der Waals surface area contributed by atoms with Gasteiger partial charge in [-0.15, -0.1) is 0 Å². The Morgan fingerprint density at radius 2 is 2.22 bits per heavy atom. The third-order valence-corrected chi connectivity index (χ3v) is 1.80. The lowest BCUT2D eigenvalue weighted by Crippen LogP contribution is -2.48. The summed E-state index contributed by atoms with van der Waals surface area (Å²) >= 11 is 1.73. The van der Waals surface area contributed by atoms with E-state index in [0.29, 0.717) is 12.1 Å². The van der Waals surface area contributed by atoms with E-state index >= 15 is 0 Å². The fraction of sp³-hybridized carbons (Fsp3) is 0.800. The molecular weight excluding hydrogens is 231 g/mol. The second kappa shape index (κ2) is 2.83. The number of hydrogen-bond acceptors (Lipinski definition) is 2. The first kappa shape index (κ1) is 7.27. The number of nitrogens with two attached hydrogens (primary N) is 1. The van der Waals surface area contributed by atoms with Crippen molar-refractivity contribution in [2.24, 2.45) is 5.73 Å². The average Bonchev–Trinajstić information content (AvgIpc) is 1.60. The largest absolute Gasteiger partial charge is 0.345 e. The lowest BCUT2D eigenvalue weighted by atomic mass is 9.88. The van der Waals surface area contributed by atoms with Crippen LogP contribution in [0.25, 0.3) is 0 Å². The maximum atomic E-state index is 10.4. The molecule has 1 fully saturated rings. The van der Waals surface area contributed by atoms with Crippen LogP contribution in [0.4, 0.5) is 4.79 Å². The Hall–Kier alpha value is 0.160. The van der Waals surface area contributed by atoms with Gasteiger partial charge in [0.2, 0.25) is 0 Å². The fourth-order valence-electron chi connectivity index (χ4n) is 0.940. The van der Waals surface area contributed by atoms with Gasteiger partial charge in [0.1, 0.15) is 0 Å². The fourth-order valence-corrected chi connectivity index (χ4v) is 1.38. The van der Waals surface area contributed by atoms with Crippen LogP contribution in [-0.2, 0) is 0 Å². The van der Waals surface area contributed by atoms with Crippen molar-refractivity contribution < 1.29 is 4.79 Å². The van der Waals surface area contributed by atoms with E-state index in [9.17, 15) is 4.79 Å². The third kappa shape index (κ3) is 2.09. The number of halogens is 1. The van der Waals surface area contributed by atoms with Gasteiger partial charge in [0.05, 0.1) is 0 Å². The predicted octanol–water partition coefficient (Wildman–Crippen LogP) is 0.621. The van der Waals surface area contributed by atoms with Gasteiger partial charge < -0.3 is 11.1 Å². The Morgan fingerprint density at radius 3 is 2.56 bits per heavy atom. The molecule has 0 bridgehead atoms. The molecule has 0 heterocycles. The lowest BCUT2D eigenvalue weighted by molar-refractivity contribution is 0.245. The summed E-state index contributed by atoms with van der Waals surface area (Å²) in [6.45, 7) is 0. The number of nitrogens with one attached hydrogen (secondary N) is 1. The molecular formula is C5H9IN2O. The van der Waals surface area contributed by atoms with Gasteiger partial charge in [0.15, 0.2) is 0 Å². The van der Waals surface area contributed by atoms with Crippen LogP contribution < -0.4 is 11.1 Å². The summed E-state index contributed by atoms with van der Waals surface area (Å²) in [5.41, 5.74) is 5.49. The first-order valence-electron chi connectivity index (χ1n) is 2.90. The van der Waals surface area contributed by atoms with Crippen molar-refractivity contribution in [3.63, 3.8) is 0 Å². The van der Waals surface area contributed by atoms with Gasteiger partial charge in [0.25, 0.3) is 3.91 Å². The maximum absolute atomic E-state index is 10.4. The topological polar surface area (TPSA) is 55.1 Å². The van der Waals surface area contributed by atoms with Gasteiger partial charge in [-0.2, -0.15) is 0 Å². The van der Waals surface area contributed by atoms with Crippen molar-refractivity contribution in [1.29, 1.82) is 0 Å². The molecule has 3 N–H and O–H groups in total. The Kier molecular flexibility index (Phi) is 2.29. The van der Waals surface area contributed by atoms with Crippen molar-refractivity contribution in [3.8, 4) is 0 Å². The number of carbonyl (C=O) groups excluding carboxylic acids is 1. The second-order valence-corrected chi connectivity index (χ2v) is 3.33. The van der Waals surface area contributed by atoms with E-state index in [-0.39, 0.29) is 3.91 Å². The Balaban J connectivity index is 2.11. The van der Waals surface area contributed by atoms with Crippen LogP contribution in [0.5, 0.6) is 0 Å². The Morgan fingerprint density at radius 1 is 1.67 bits per heavy atom. The van der Waals surface area contributed by atoms with Crippen LogP contribution in [0.15, 0.2) is 0 Å². The molecule has 9 heavy (non-hydrogen) atoms. The van der Waals surface area contributed by atoms with E-state index in [1.165, 1.54) is 0 Å². The third-order valence-electron chi connectivity index (χ3n) is 1.49. The van der Waals surface area contributed by atoms with Gasteiger partial charge >= 0.3 is 0 Å². The quantitative estimate of drug-likeness (QED) is 0.401. The normalized spacial score (nSPS) is 33.1. The first-order valence-corrected chi connectivity index (χ1v) is 3.98. The Labute approximate surface area is 67.5 Å². The van der Waals surface area contributed by atoms with E-state index < -0.39 is 0 Å². The SMILES string of the molecule is NC1CC(NC(=O)I)C1. The zero-order valence-electron chi connectivity index (χ0n) is 4.93. The summed E-state index contributed by atoms with van der Waals surface area (Å²) in [5.74, 6) is 0. The van der Waals surface area contributed by atoms with Gasteiger partial charge in [-0.25, -0.2) is 0 Å². The highest BCUT2D eigenvalue weighted by molar-refractivity contribution is 14.1. The molecule has 1 saturated carbocycles. The molecule has 4 heteroatoms. The molecule has 0 aromatic carbocycles. The molecule has 0 saturated heterocycles. The predicted molar refractivity (Wildman–Crippen MR) is 43.5 cm³/mol. The van der Waals surface area contributed by atoms with Crippen molar-refractivity contribution in [2.75, 3.05) is 0 Å². The minimum Gasteiger partial charge on any atom is -0.345 e. The summed E-state index contributed by atoms with van der Waals surface area (Å²) in [6, 6.07) is 0.669. The highest BCUT2D eigenvalue weighted by atomic mass is 127. The van der Waals surface area contributed by atoms with Crippen LogP contribution in [0, 0.1) is 0 Å². The zero-order chi connectivity index (χ0) is 6.85. The molecule has 1 aliphatic rings. The van der Waals surface area contributed by atoms with Gasteiger partial charge in [-0.05, 0) is 12.8 Å². The van der Waals surface area contributed by atoms with Crippen LogP contribution in [0.1, 0.15) is 12.8 Å². The smallest absolute Gasteiger partial charge is 0.280 e. The lowest BCUT2D eigenvalue weighted by Gasteiger charge is -2.32. The minimum absolute atomic E-state index is 0.0181. The zero-order valence-corrected chi connectivity index (χ0v) is 7.09. The van der Waals surface area contributed by atoms with E-state index in [4.69, 9.17) is 5.73 Å². The van der Waals surface area contributed by atoms with Crippen LogP contribution in [0.3, 0.4) is 0 Å². The van der Waals surface area contributed by atoms with E-state index in [1.807, 2.05) is 0 Å². The molecule has 1 aliphatic carbocycles. The van der Waals surface area contributed by atoms with Crippen molar-refractivity contribution >= 4 is 26.5 Å². The number of amides is 1. The molecule has 0 aliphatic heterocycles. The van der Waals surface area contributed by atoms with E-state index in [2.05, 4.69) is 5.32 Å². The number of hydrogen-bond donors (Lipinski definition) is 2. The summed E-state index contributed by atoms with van der Waals surface area (Å²) in [4.78, 5) is 10.4. The van der Waals surface area contributed by atoms with Gasteiger partial charge in [-0.3, -0.25) is 4.79 Å². The molecule has 0 radical (unpaired) electrons. The first-order chi connectivity index (χ1) is 4.18. The second-order valence-electron chi connectivity index (χ2n) is 2.35. The van der Waals surface area contributed by atoms with Crippen LogP contribution >= 0.6 is 22.6 Å². The molecule has 3 nitrogen and oxygen atoms in total. The highest BCUT2D eigenvalue weighted by Crippen LogP contribution is 2.17. The monoisotopic (exact) mass is 240 g/mol. The molecule has 52 valence electrons. The summed E-state index contributed by atoms with van der Waals surface area (Å²) < 4.78 is 0.0181. The van der Waals surface area contributed by atoms with E-state index in [0.717, 1.165) is 12.8 Å². The summed E-state index contributed by atoms with van der Waals surface area (Å²) in [5, 5.41) is 2.78. The molecule has 1 rings (SSSR count). The van der Waals surface area contributed by atoms with Gasteiger partial charge in [0, 0.05) is 34.7 Å². The molecule has 0 unspecified atom stereocenters. The molecule has 0 atom stereocenters. The average molecular weight is 240 g/mol. The molecule has 0 aromatic rings. The van der Waals surface area contributed by atoms with Gasteiger partial charge in [-0.1, -0.05) is 0 Å². The summed E-state index contributed by atoms with van der Waals surface area (Å²) in [6.07, 6.45) is 1.88. The maximum Gasteiger partial charge on any atom is 0.280 e. The molecule has 0 aromatic heterocycles. The van der Waals surface area contributed by atoms with Crippen LogP contribution in [-0.4, -0.2) is 16.0 Å². The highest BCUT2D eigenvalue weighted by Gasteiger charge is 2.26.